The first-order valence-electron chi connectivity index (χ1n) is 5.88. The van der Waals surface area contributed by atoms with Crippen LogP contribution in [0.2, 0.25) is 0 Å². The Hall–Kier alpha value is -1.55. The van der Waals surface area contributed by atoms with Crippen LogP contribution in [0.15, 0.2) is 35.5 Å². The highest BCUT2D eigenvalue weighted by molar-refractivity contribution is 7.98. The van der Waals surface area contributed by atoms with Crippen molar-refractivity contribution in [1.82, 2.24) is 9.97 Å². The van der Waals surface area contributed by atoms with Gasteiger partial charge in [-0.15, -0.1) is 11.8 Å². The van der Waals surface area contributed by atoms with Crippen molar-refractivity contribution in [3.8, 4) is 0 Å². The number of thioether (sulfide) groups is 1. The second-order valence-electron chi connectivity index (χ2n) is 4.21. The minimum Gasteiger partial charge on any atom is -0.373 e. The average Bonchev–Trinajstić information content (AvgIpc) is 2.36. The smallest absolute Gasteiger partial charge is 0.125 e. The molecule has 0 atom stereocenters. The van der Waals surface area contributed by atoms with Crippen molar-refractivity contribution < 1.29 is 0 Å². The molecule has 0 spiro atoms. The Labute approximate surface area is 112 Å². The maximum atomic E-state index is 4.51. The van der Waals surface area contributed by atoms with Crippen molar-refractivity contribution in [2.24, 2.45) is 0 Å². The van der Waals surface area contributed by atoms with Crippen LogP contribution in [-0.2, 0) is 5.75 Å². The summed E-state index contributed by atoms with van der Waals surface area (Å²) in [6.45, 7) is 4.13. The van der Waals surface area contributed by atoms with Gasteiger partial charge in [0.15, 0.2) is 0 Å². The van der Waals surface area contributed by atoms with E-state index in [0.717, 1.165) is 22.3 Å². The molecule has 18 heavy (non-hydrogen) atoms. The number of nitrogens with one attached hydrogen (secondary N) is 1. The Kier molecular flexibility index (Phi) is 4.20. The van der Waals surface area contributed by atoms with Crippen molar-refractivity contribution in [2.45, 2.75) is 24.6 Å². The van der Waals surface area contributed by atoms with Gasteiger partial charge in [-0.05, 0) is 43.2 Å². The molecule has 2 heterocycles. The molecule has 2 aromatic heterocycles. The number of nitrogens with zero attached hydrogens (tertiary/aromatic N) is 2. The molecule has 94 valence electrons. The van der Waals surface area contributed by atoms with Crippen molar-refractivity contribution in [3.63, 3.8) is 0 Å². The number of hydrogen-bond donors (Lipinski definition) is 1. The maximum Gasteiger partial charge on any atom is 0.125 e. The Balaban J connectivity index is 2.01. The fraction of sp³-hybridized carbons (Fsp3) is 0.286. The summed E-state index contributed by atoms with van der Waals surface area (Å²) < 4.78 is 0. The highest BCUT2D eigenvalue weighted by Gasteiger charge is 2.00. The predicted octanol–water partition coefficient (Wildman–Crippen LogP) is 3.43. The molecular formula is C14H17N3S. The number of hydrogen-bond acceptors (Lipinski definition) is 4. The third-order valence-corrected chi connectivity index (χ3v) is 3.52. The number of aromatic nitrogens is 2. The SMILES string of the molecule is CNc1ccc(CSc2cc(C)cc(C)n2)cn1. The zero-order chi connectivity index (χ0) is 13.0. The van der Waals surface area contributed by atoms with Gasteiger partial charge in [-0.25, -0.2) is 9.97 Å². The largest absolute Gasteiger partial charge is 0.373 e. The average molecular weight is 259 g/mol. The van der Waals surface area contributed by atoms with E-state index in [4.69, 9.17) is 0 Å². The second-order valence-corrected chi connectivity index (χ2v) is 5.21. The second kappa shape index (κ2) is 5.87. The Bertz CT molecular complexity index is 503. The van der Waals surface area contributed by atoms with E-state index in [2.05, 4.69) is 40.4 Å². The van der Waals surface area contributed by atoms with Gasteiger partial charge in [0.2, 0.25) is 0 Å². The quantitative estimate of drug-likeness (QED) is 0.854. The van der Waals surface area contributed by atoms with Crippen LogP contribution in [0.3, 0.4) is 0 Å². The Morgan fingerprint density at radius 1 is 1.22 bits per heavy atom. The lowest BCUT2D eigenvalue weighted by Gasteiger charge is -2.05. The molecule has 0 aliphatic rings. The van der Waals surface area contributed by atoms with Gasteiger partial charge in [0.25, 0.3) is 0 Å². The van der Waals surface area contributed by atoms with E-state index in [0.29, 0.717) is 0 Å². The number of rotatable bonds is 4. The van der Waals surface area contributed by atoms with Crippen LogP contribution in [0.1, 0.15) is 16.8 Å². The molecule has 0 bridgehead atoms. The molecule has 0 amide bonds. The Morgan fingerprint density at radius 2 is 2.06 bits per heavy atom. The first-order valence-corrected chi connectivity index (χ1v) is 6.87. The summed E-state index contributed by atoms with van der Waals surface area (Å²) in [5, 5.41) is 4.09. The Morgan fingerprint density at radius 3 is 2.67 bits per heavy atom. The normalized spacial score (nSPS) is 10.4. The summed E-state index contributed by atoms with van der Waals surface area (Å²) in [6, 6.07) is 8.29. The molecule has 0 saturated heterocycles. The van der Waals surface area contributed by atoms with Gasteiger partial charge in [0, 0.05) is 24.7 Å². The van der Waals surface area contributed by atoms with Crippen LogP contribution >= 0.6 is 11.8 Å². The highest BCUT2D eigenvalue weighted by atomic mass is 32.2. The summed E-state index contributed by atoms with van der Waals surface area (Å²) in [7, 11) is 1.87. The van der Waals surface area contributed by atoms with Gasteiger partial charge in [-0.3, -0.25) is 0 Å². The zero-order valence-electron chi connectivity index (χ0n) is 10.9. The fourth-order valence-electron chi connectivity index (χ4n) is 1.69. The molecule has 0 aromatic carbocycles. The van der Waals surface area contributed by atoms with Gasteiger partial charge < -0.3 is 5.32 Å². The first-order chi connectivity index (χ1) is 8.67. The van der Waals surface area contributed by atoms with E-state index in [9.17, 15) is 0 Å². The molecule has 0 unspecified atom stereocenters. The molecule has 1 N–H and O–H groups in total. The van der Waals surface area contributed by atoms with Crippen LogP contribution in [0.5, 0.6) is 0 Å². The molecule has 0 saturated carbocycles. The van der Waals surface area contributed by atoms with Gasteiger partial charge in [-0.2, -0.15) is 0 Å². The lowest BCUT2D eigenvalue weighted by atomic mass is 10.3. The molecule has 2 rings (SSSR count). The fourth-order valence-corrected chi connectivity index (χ4v) is 2.66. The van der Waals surface area contributed by atoms with Crippen molar-refractivity contribution in [1.29, 1.82) is 0 Å². The number of anilines is 1. The van der Waals surface area contributed by atoms with Crippen LogP contribution in [0, 0.1) is 13.8 Å². The van der Waals surface area contributed by atoms with E-state index >= 15 is 0 Å². The van der Waals surface area contributed by atoms with Gasteiger partial charge in [0.05, 0.1) is 5.03 Å². The van der Waals surface area contributed by atoms with Crippen molar-refractivity contribution in [3.05, 3.63) is 47.3 Å². The van der Waals surface area contributed by atoms with E-state index in [-0.39, 0.29) is 0 Å². The van der Waals surface area contributed by atoms with Crippen LogP contribution in [-0.4, -0.2) is 17.0 Å². The molecule has 4 heteroatoms. The predicted molar refractivity (Wildman–Crippen MR) is 77.1 cm³/mol. The summed E-state index contributed by atoms with van der Waals surface area (Å²) >= 11 is 1.74. The van der Waals surface area contributed by atoms with Crippen molar-refractivity contribution >= 4 is 17.6 Å². The number of pyridine rings is 2. The highest BCUT2D eigenvalue weighted by Crippen LogP contribution is 2.22. The molecule has 3 nitrogen and oxygen atoms in total. The number of aryl methyl sites for hydroxylation is 2. The van der Waals surface area contributed by atoms with E-state index in [1.807, 2.05) is 26.2 Å². The van der Waals surface area contributed by atoms with Gasteiger partial charge in [0.1, 0.15) is 5.82 Å². The van der Waals surface area contributed by atoms with Gasteiger partial charge in [-0.1, -0.05) is 6.07 Å². The van der Waals surface area contributed by atoms with E-state index in [1.54, 1.807) is 11.8 Å². The summed E-state index contributed by atoms with van der Waals surface area (Å²) in [6.07, 6.45) is 1.90. The van der Waals surface area contributed by atoms with Gasteiger partial charge >= 0.3 is 0 Å². The van der Waals surface area contributed by atoms with E-state index in [1.165, 1.54) is 11.1 Å². The lowest BCUT2D eigenvalue weighted by Crippen LogP contribution is -1.93. The molecule has 0 fully saturated rings. The first kappa shape index (κ1) is 12.9. The maximum absolute atomic E-state index is 4.51. The monoisotopic (exact) mass is 259 g/mol. The molecule has 2 aromatic rings. The summed E-state index contributed by atoms with van der Waals surface area (Å²) in [4.78, 5) is 8.81. The van der Waals surface area contributed by atoms with Crippen LogP contribution in [0.25, 0.3) is 0 Å². The van der Waals surface area contributed by atoms with E-state index < -0.39 is 0 Å². The standard InChI is InChI=1S/C14H17N3S/c1-10-6-11(2)17-14(7-10)18-9-12-4-5-13(15-3)16-8-12/h4-8H,9H2,1-3H3,(H,15,16). The van der Waals surface area contributed by atoms with Crippen molar-refractivity contribution in [2.75, 3.05) is 12.4 Å². The molecule has 0 aliphatic carbocycles. The lowest BCUT2D eigenvalue weighted by molar-refractivity contribution is 1.05. The minimum atomic E-state index is 0.896. The van der Waals surface area contributed by atoms with Crippen LogP contribution < -0.4 is 5.32 Å². The zero-order valence-corrected chi connectivity index (χ0v) is 11.7. The molecular weight excluding hydrogens is 242 g/mol. The minimum absolute atomic E-state index is 0.896. The molecule has 0 radical (unpaired) electrons. The summed E-state index contributed by atoms with van der Waals surface area (Å²) in [5.74, 6) is 1.79. The topological polar surface area (TPSA) is 37.8 Å². The van der Waals surface area contributed by atoms with Crippen LogP contribution in [0.4, 0.5) is 5.82 Å². The molecule has 0 aliphatic heterocycles. The third-order valence-electron chi connectivity index (χ3n) is 2.54. The summed E-state index contributed by atoms with van der Waals surface area (Å²) in [5.41, 5.74) is 3.54. The third kappa shape index (κ3) is 3.47.